The van der Waals surface area contributed by atoms with Crippen LogP contribution in [0.4, 0.5) is 0 Å². The maximum Gasteiger partial charge on any atom is 0.191 e. The van der Waals surface area contributed by atoms with Crippen LogP contribution in [0.1, 0.15) is 25.2 Å². The summed E-state index contributed by atoms with van der Waals surface area (Å²) in [5.41, 5.74) is 2.42. The Morgan fingerprint density at radius 2 is 2.00 bits per heavy atom. The third kappa shape index (κ3) is 3.70. The van der Waals surface area contributed by atoms with E-state index in [0.29, 0.717) is 0 Å². The van der Waals surface area contributed by atoms with Crippen LogP contribution in [0.5, 0.6) is 0 Å². The predicted molar refractivity (Wildman–Crippen MR) is 80.5 cm³/mol. The van der Waals surface area contributed by atoms with Crippen LogP contribution in [0.2, 0.25) is 0 Å². The van der Waals surface area contributed by atoms with Crippen LogP contribution in [-0.4, -0.2) is 20.5 Å². The fourth-order valence-electron chi connectivity index (χ4n) is 1.84. The lowest BCUT2D eigenvalue weighted by molar-refractivity contribution is 0.651. The second kappa shape index (κ2) is 6.57. The third-order valence-electron chi connectivity index (χ3n) is 2.76. The van der Waals surface area contributed by atoms with Crippen LogP contribution >= 0.6 is 11.8 Å². The van der Waals surface area contributed by atoms with Crippen LogP contribution in [0.15, 0.2) is 47.6 Å². The lowest BCUT2D eigenvalue weighted by atomic mass is 10.1. The molecule has 0 aliphatic rings. The summed E-state index contributed by atoms with van der Waals surface area (Å²) in [6.45, 7) is 8.98. The molecule has 0 aliphatic carbocycles. The number of thioether (sulfide) groups is 1. The molecule has 0 atom stereocenters. The molecule has 0 N–H and O–H groups in total. The normalized spacial score (nSPS) is 10.6. The Morgan fingerprint density at radius 1 is 1.26 bits per heavy atom. The third-order valence-corrected chi connectivity index (χ3v) is 3.96. The largest absolute Gasteiger partial charge is 0.306 e. The molecule has 2 rings (SSSR count). The summed E-state index contributed by atoms with van der Waals surface area (Å²) in [5, 5.41) is 9.60. The van der Waals surface area contributed by atoms with Gasteiger partial charge in [0.15, 0.2) is 5.16 Å². The van der Waals surface area contributed by atoms with E-state index in [4.69, 9.17) is 0 Å². The van der Waals surface area contributed by atoms with Crippen LogP contribution in [0.3, 0.4) is 0 Å². The zero-order valence-electron chi connectivity index (χ0n) is 11.5. The summed E-state index contributed by atoms with van der Waals surface area (Å²) < 4.78 is 2.18. The van der Waals surface area contributed by atoms with Crippen molar-refractivity contribution in [3.63, 3.8) is 0 Å². The quantitative estimate of drug-likeness (QED) is 0.595. The van der Waals surface area contributed by atoms with E-state index < -0.39 is 0 Å². The zero-order chi connectivity index (χ0) is 13.7. The molecule has 0 saturated heterocycles. The van der Waals surface area contributed by atoms with Crippen molar-refractivity contribution >= 4 is 11.8 Å². The molecular formula is C15H19N3S. The number of aromatic nitrogens is 3. The first-order valence-electron chi connectivity index (χ1n) is 6.44. The van der Waals surface area contributed by atoms with Crippen molar-refractivity contribution in [2.24, 2.45) is 0 Å². The fourth-order valence-corrected chi connectivity index (χ4v) is 2.70. The van der Waals surface area contributed by atoms with E-state index in [2.05, 4.69) is 52.5 Å². The average molecular weight is 273 g/mol. The molecule has 0 bridgehead atoms. The molecular weight excluding hydrogens is 254 g/mol. The lowest BCUT2D eigenvalue weighted by Gasteiger charge is -2.07. The molecule has 0 radical (unpaired) electrons. The van der Waals surface area contributed by atoms with E-state index in [0.717, 1.165) is 35.3 Å². The number of rotatable bonds is 6. The first-order chi connectivity index (χ1) is 9.20. The second-order valence-corrected chi connectivity index (χ2v) is 5.49. The molecule has 1 aromatic carbocycles. The van der Waals surface area contributed by atoms with E-state index in [1.807, 2.05) is 13.0 Å². The van der Waals surface area contributed by atoms with Gasteiger partial charge in [-0.05, 0) is 19.4 Å². The molecule has 0 aliphatic heterocycles. The molecule has 2 aromatic rings. The first kappa shape index (κ1) is 13.9. The molecule has 19 heavy (non-hydrogen) atoms. The van der Waals surface area contributed by atoms with Crippen molar-refractivity contribution in [2.75, 3.05) is 5.75 Å². The topological polar surface area (TPSA) is 30.7 Å². The zero-order valence-corrected chi connectivity index (χ0v) is 12.3. The van der Waals surface area contributed by atoms with E-state index >= 15 is 0 Å². The van der Waals surface area contributed by atoms with Gasteiger partial charge in [0.2, 0.25) is 0 Å². The Balaban J connectivity index is 2.15. The summed E-state index contributed by atoms with van der Waals surface area (Å²) in [7, 11) is 0. The van der Waals surface area contributed by atoms with Crippen molar-refractivity contribution in [1.82, 2.24) is 14.8 Å². The van der Waals surface area contributed by atoms with Gasteiger partial charge in [0.25, 0.3) is 0 Å². The van der Waals surface area contributed by atoms with Crippen molar-refractivity contribution in [2.45, 2.75) is 32.0 Å². The molecule has 0 saturated carbocycles. The monoisotopic (exact) mass is 273 g/mol. The minimum absolute atomic E-state index is 0.829. The SMILES string of the molecule is C=C(C)CSc1nnc(Cc2ccccc2)n1CC. The van der Waals surface area contributed by atoms with Gasteiger partial charge in [-0.15, -0.1) is 10.2 Å². The van der Waals surface area contributed by atoms with Gasteiger partial charge in [-0.2, -0.15) is 0 Å². The summed E-state index contributed by atoms with van der Waals surface area (Å²) >= 11 is 1.70. The smallest absolute Gasteiger partial charge is 0.191 e. The molecule has 0 fully saturated rings. The molecule has 0 unspecified atom stereocenters. The Hall–Kier alpha value is -1.55. The second-order valence-electron chi connectivity index (χ2n) is 4.55. The highest BCUT2D eigenvalue weighted by molar-refractivity contribution is 7.99. The van der Waals surface area contributed by atoms with E-state index in [1.54, 1.807) is 11.8 Å². The van der Waals surface area contributed by atoms with Gasteiger partial charge in [-0.3, -0.25) is 0 Å². The van der Waals surface area contributed by atoms with Crippen LogP contribution in [0, 0.1) is 0 Å². The Bertz CT molecular complexity index is 546. The van der Waals surface area contributed by atoms with Crippen molar-refractivity contribution in [3.05, 3.63) is 53.9 Å². The lowest BCUT2D eigenvalue weighted by Crippen LogP contribution is -2.04. The van der Waals surface area contributed by atoms with Gasteiger partial charge >= 0.3 is 0 Å². The Labute approximate surface area is 118 Å². The van der Waals surface area contributed by atoms with E-state index in [-0.39, 0.29) is 0 Å². The molecule has 0 amide bonds. The average Bonchev–Trinajstić information content (AvgIpc) is 2.79. The predicted octanol–water partition coefficient (Wildman–Crippen LogP) is 3.56. The molecule has 100 valence electrons. The van der Waals surface area contributed by atoms with Crippen molar-refractivity contribution < 1.29 is 0 Å². The van der Waals surface area contributed by atoms with E-state index in [9.17, 15) is 0 Å². The maximum atomic E-state index is 4.32. The highest BCUT2D eigenvalue weighted by atomic mass is 32.2. The Morgan fingerprint density at radius 3 is 2.63 bits per heavy atom. The number of hydrogen-bond acceptors (Lipinski definition) is 3. The van der Waals surface area contributed by atoms with Gasteiger partial charge in [0.05, 0.1) is 0 Å². The molecule has 1 heterocycles. The van der Waals surface area contributed by atoms with Gasteiger partial charge in [-0.1, -0.05) is 54.2 Å². The maximum absolute atomic E-state index is 4.32. The summed E-state index contributed by atoms with van der Waals surface area (Å²) in [5.74, 6) is 1.92. The minimum Gasteiger partial charge on any atom is -0.306 e. The highest BCUT2D eigenvalue weighted by Gasteiger charge is 2.11. The fraction of sp³-hybridized carbons (Fsp3) is 0.333. The molecule has 4 heteroatoms. The van der Waals surface area contributed by atoms with Crippen molar-refractivity contribution in [3.8, 4) is 0 Å². The van der Waals surface area contributed by atoms with Crippen LogP contribution < -0.4 is 0 Å². The first-order valence-corrected chi connectivity index (χ1v) is 7.42. The Kier molecular flexibility index (Phi) is 4.80. The summed E-state index contributed by atoms with van der Waals surface area (Å²) in [4.78, 5) is 0. The molecule has 0 spiro atoms. The van der Waals surface area contributed by atoms with Crippen molar-refractivity contribution in [1.29, 1.82) is 0 Å². The van der Waals surface area contributed by atoms with Gasteiger partial charge in [0, 0.05) is 18.7 Å². The number of benzene rings is 1. The number of nitrogens with zero attached hydrogens (tertiary/aromatic N) is 3. The van der Waals surface area contributed by atoms with Crippen LogP contribution in [0.25, 0.3) is 0 Å². The van der Waals surface area contributed by atoms with Crippen LogP contribution in [-0.2, 0) is 13.0 Å². The van der Waals surface area contributed by atoms with E-state index in [1.165, 1.54) is 5.56 Å². The van der Waals surface area contributed by atoms with Gasteiger partial charge in [-0.25, -0.2) is 0 Å². The number of hydrogen-bond donors (Lipinski definition) is 0. The van der Waals surface area contributed by atoms with Gasteiger partial charge in [0.1, 0.15) is 5.82 Å². The molecule has 3 nitrogen and oxygen atoms in total. The highest BCUT2D eigenvalue weighted by Crippen LogP contribution is 2.20. The standard InChI is InChI=1S/C15H19N3S/c1-4-18-14(10-13-8-6-5-7-9-13)16-17-15(18)19-11-12(2)3/h5-9H,2,4,10-11H2,1,3H3. The minimum atomic E-state index is 0.829. The molecule has 1 aromatic heterocycles. The summed E-state index contributed by atoms with van der Waals surface area (Å²) in [6.07, 6.45) is 0.829. The van der Waals surface area contributed by atoms with Gasteiger partial charge < -0.3 is 4.57 Å². The summed E-state index contributed by atoms with van der Waals surface area (Å²) in [6, 6.07) is 10.4.